The fraction of sp³-hybridized carbons (Fsp3) is 0.778. The maximum atomic E-state index is 3.70. The highest BCUT2D eigenvalue weighted by molar-refractivity contribution is 7.11. The molecule has 2 rings (SSSR count). The van der Waals surface area contributed by atoms with Crippen molar-refractivity contribution in [2.75, 3.05) is 6.54 Å². The number of rotatable bonds is 8. The molecule has 0 aliphatic heterocycles. The third kappa shape index (κ3) is 5.21. The van der Waals surface area contributed by atoms with Crippen LogP contribution in [0.2, 0.25) is 0 Å². The van der Waals surface area contributed by atoms with Crippen molar-refractivity contribution in [2.24, 2.45) is 5.92 Å². The van der Waals surface area contributed by atoms with Gasteiger partial charge < -0.3 is 5.32 Å². The molecule has 1 aromatic rings. The van der Waals surface area contributed by atoms with Crippen LogP contribution in [0, 0.1) is 5.92 Å². The highest BCUT2D eigenvalue weighted by Gasteiger charge is 2.16. The first-order valence-electron chi connectivity index (χ1n) is 8.62. The Morgan fingerprint density at radius 3 is 2.55 bits per heavy atom. The molecule has 0 bridgehead atoms. The Morgan fingerprint density at radius 2 is 1.90 bits per heavy atom. The van der Waals surface area contributed by atoms with Crippen LogP contribution in [0.15, 0.2) is 12.1 Å². The molecule has 1 aliphatic carbocycles. The Morgan fingerprint density at radius 1 is 1.15 bits per heavy atom. The minimum Gasteiger partial charge on any atom is -0.314 e. The van der Waals surface area contributed by atoms with E-state index in [1.54, 1.807) is 4.88 Å². The largest absolute Gasteiger partial charge is 0.314 e. The lowest BCUT2D eigenvalue weighted by atomic mass is 9.85. The SMILES string of the molecule is CCNC(CCC1CCCCC1)Cc1ccc(CC)s1. The molecule has 0 spiro atoms. The van der Waals surface area contributed by atoms with Crippen molar-refractivity contribution in [1.82, 2.24) is 5.32 Å². The first-order valence-corrected chi connectivity index (χ1v) is 9.44. The van der Waals surface area contributed by atoms with Gasteiger partial charge in [0.25, 0.3) is 0 Å². The van der Waals surface area contributed by atoms with Gasteiger partial charge in [0, 0.05) is 15.8 Å². The van der Waals surface area contributed by atoms with Crippen LogP contribution in [0.3, 0.4) is 0 Å². The van der Waals surface area contributed by atoms with Crippen molar-refractivity contribution < 1.29 is 0 Å². The summed E-state index contributed by atoms with van der Waals surface area (Å²) in [7, 11) is 0. The van der Waals surface area contributed by atoms with E-state index in [1.807, 2.05) is 11.3 Å². The maximum Gasteiger partial charge on any atom is 0.0115 e. The molecule has 0 radical (unpaired) electrons. The highest BCUT2D eigenvalue weighted by Crippen LogP contribution is 2.28. The van der Waals surface area contributed by atoms with E-state index >= 15 is 0 Å². The molecule has 1 heterocycles. The van der Waals surface area contributed by atoms with Crippen molar-refractivity contribution in [1.29, 1.82) is 0 Å². The molecule has 114 valence electrons. The first kappa shape index (κ1) is 16.0. The van der Waals surface area contributed by atoms with Gasteiger partial charge >= 0.3 is 0 Å². The molecular weight excluding hydrogens is 262 g/mol. The minimum atomic E-state index is 0.685. The molecule has 2 heteroatoms. The van der Waals surface area contributed by atoms with Crippen LogP contribution in [-0.4, -0.2) is 12.6 Å². The van der Waals surface area contributed by atoms with Crippen LogP contribution < -0.4 is 5.32 Å². The number of aryl methyl sites for hydroxylation is 1. The monoisotopic (exact) mass is 293 g/mol. The van der Waals surface area contributed by atoms with Crippen LogP contribution in [0.4, 0.5) is 0 Å². The number of nitrogens with one attached hydrogen (secondary N) is 1. The summed E-state index contributed by atoms with van der Waals surface area (Å²) in [6.45, 7) is 5.58. The van der Waals surface area contributed by atoms with Gasteiger partial charge in [0.05, 0.1) is 0 Å². The van der Waals surface area contributed by atoms with Crippen LogP contribution in [0.1, 0.15) is 68.5 Å². The average molecular weight is 294 g/mol. The summed E-state index contributed by atoms with van der Waals surface area (Å²) in [6.07, 6.45) is 12.6. The van der Waals surface area contributed by atoms with E-state index in [9.17, 15) is 0 Å². The smallest absolute Gasteiger partial charge is 0.0115 e. The average Bonchev–Trinajstić information content (AvgIpc) is 2.94. The predicted octanol–water partition coefficient (Wildman–Crippen LogP) is 5.19. The second kappa shape index (κ2) is 8.84. The fourth-order valence-electron chi connectivity index (χ4n) is 3.44. The summed E-state index contributed by atoms with van der Waals surface area (Å²) in [5, 5.41) is 3.70. The van der Waals surface area contributed by atoms with E-state index in [2.05, 4.69) is 31.3 Å². The Bertz CT molecular complexity index is 365. The molecule has 1 aliphatic rings. The molecule has 1 fully saturated rings. The summed E-state index contributed by atoms with van der Waals surface area (Å²) in [6, 6.07) is 5.34. The van der Waals surface area contributed by atoms with Gasteiger partial charge in [-0.2, -0.15) is 0 Å². The van der Waals surface area contributed by atoms with Gasteiger partial charge in [-0.3, -0.25) is 0 Å². The van der Waals surface area contributed by atoms with Crippen LogP contribution in [0.25, 0.3) is 0 Å². The van der Waals surface area contributed by atoms with Crippen molar-refractivity contribution in [2.45, 2.75) is 77.7 Å². The molecule has 20 heavy (non-hydrogen) atoms. The van der Waals surface area contributed by atoms with E-state index in [0.717, 1.165) is 12.5 Å². The van der Waals surface area contributed by atoms with Gasteiger partial charge in [-0.25, -0.2) is 0 Å². The summed E-state index contributed by atoms with van der Waals surface area (Å²) >= 11 is 2.01. The summed E-state index contributed by atoms with van der Waals surface area (Å²) in [5.41, 5.74) is 0. The molecule has 1 aromatic heterocycles. The van der Waals surface area contributed by atoms with Gasteiger partial charge in [0.2, 0.25) is 0 Å². The fourth-order valence-corrected chi connectivity index (χ4v) is 4.48. The van der Waals surface area contributed by atoms with Crippen LogP contribution in [0.5, 0.6) is 0 Å². The Labute approximate surface area is 129 Å². The number of likely N-dealkylation sites (N-methyl/N-ethyl adjacent to an activating group) is 1. The van der Waals surface area contributed by atoms with Crippen LogP contribution >= 0.6 is 11.3 Å². The molecule has 1 unspecified atom stereocenters. The Kier molecular flexibility index (Phi) is 7.09. The molecule has 0 saturated heterocycles. The summed E-state index contributed by atoms with van der Waals surface area (Å²) < 4.78 is 0. The van der Waals surface area contributed by atoms with Crippen LogP contribution in [-0.2, 0) is 12.8 Å². The lowest BCUT2D eigenvalue weighted by Gasteiger charge is -2.24. The van der Waals surface area contributed by atoms with Crippen molar-refractivity contribution in [3.8, 4) is 0 Å². The van der Waals surface area contributed by atoms with Gasteiger partial charge in [-0.1, -0.05) is 46.0 Å². The van der Waals surface area contributed by atoms with Gasteiger partial charge in [-0.05, 0) is 50.3 Å². The van der Waals surface area contributed by atoms with Gasteiger partial charge in [-0.15, -0.1) is 11.3 Å². The van der Waals surface area contributed by atoms with Crippen molar-refractivity contribution in [3.05, 3.63) is 21.9 Å². The zero-order chi connectivity index (χ0) is 14.2. The van der Waals surface area contributed by atoms with Gasteiger partial charge in [0.15, 0.2) is 0 Å². The van der Waals surface area contributed by atoms with E-state index in [4.69, 9.17) is 0 Å². The zero-order valence-corrected chi connectivity index (χ0v) is 14.1. The minimum absolute atomic E-state index is 0.685. The number of hydrogen-bond donors (Lipinski definition) is 1. The van der Waals surface area contributed by atoms with Crippen molar-refractivity contribution >= 4 is 11.3 Å². The second-order valence-corrected chi connectivity index (χ2v) is 7.51. The lowest BCUT2D eigenvalue weighted by Crippen LogP contribution is -2.31. The molecule has 0 aromatic carbocycles. The standard InChI is InChI=1S/C18H31NS/c1-3-17-12-13-18(20-17)14-16(19-4-2)11-10-15-8-6-5-7-9-15/h12-13,15-16,19H,3-11,14H2,1-2H3. The molecule has 1 saturated carbocycles. The predicted molar refractivity (Wildman–Crippen MR) is 90.7 cm³/mol. The topological polar surface area (TPSA) is 12.0 Å². The maximum absolute atomic E-state index is 3.70. The third-order valence-electron chi connectivity index (χ3n) is 4.65. The third-order valence-corrected chi connectivity index (χ3v) is 5.91. The molecule has 0 amide bonds. The molecule has 1 nitrogen and oxygen atoms in total. The van der Waals surface area contributed by atoms with E-state index < -0.39 is 0 Å². The summed E-state index contributed by atoms with van der Waals surface area (Å²) in [5.74, 6) is 1.01. The summed E-state index contributed by atoms with van der Waals surface area (Å²) in [4.78, 5) is 3.10. The van der Waals surface area contributed by atoms with E-state index in [-0.39, 0.29) is 0 Å². The Balaban J connectivity index is 1.79. The quantitative estimate of drug-likeness (QED) is 0.695. The number of hydrogen-bond acceptors (Lipinski definition) is 2. The normalized spacial score (nSPS) is 18.3. The highest BCUT2D eigenvalue weighted by atomic mass is 32.1. The van der Waals surface area contributed by atoms with E-state index in [1.165, 1.54) is 62.7 Å². The molecule has 1 atom stereocenters. The van der Waals surface area contributed by atoms with Gasteiger partial charge in [0.1, 0.15) is 0 Å². The lowest BCUT2D eigenvalue weighted by molar-refractivity contribution is 0.313. The second-order valence-electron chi connectivity index (χ2n) is 6.26. The molecular formula is C18H31NS. The Hall–Kier alpha value is -0.340. The van der Waals surface area contributed by atoms with Crippen molar-refractivity contribution in [3.63, 3.8) is 0 Å². The van der Waals surface area contributed by atoms with E-state index in [0.29, 0.717) is 6.04 Å². The first-order chi connectivity index (χ1) is 9.81. The molecule has 1 N–H and O–H groups in total. The zero-order valence-electron chi connectivity index (χ0n) is 13.3. The number of thiophene rings is 1.